The zero-order valence-corrected chi connectivity index (χ0v) is 28.7. The first-order valence-corrected chi connectivity index (χ1v) is 16.8. The van der Waals surface area contributed by atoms with E-state index in [9.17, 15) is 22.4 Å². The molecule has 1 aliphatic carbocycles. The topological polar surface area (TPSA) is 85.0 Å². The minimum absolute atomic E-state index is 0.0842. The van der Waals surface area contributed by atoms with E-state index in [0.717, 1.165) is 46.0 Å². The molecule has 4 aromatic carbocycles. The zero-order chi connectivity index (χ0) is 36.2. The summed E-state index contributed by atoms with van der Waals surface area (Å²) < 4.78 is 64.7. The van der Waals surface area contributed by atoms with Crippen molar-refractivity contribution in [2.75, 3.05) is 27.3 Å². The van der Waals surface area contributed by atoms with Gasteiger partial charge in [-0.2, -0.15) is 0 Å². The van der Waals surface area contributed by atoms with Crippen LogP contribution < -0.4 is 15.2 Å². The summed E-state index contributed by atoms with van der Waals surface area (Å²) in [7, 11) is 3.29. The Bertz CT molecular complexity index is 1820. The molecule has 1 atom stereocenters. The molecule has 266 valence electrons. The van der Waals surface area contributed by atoms with E-state index in [1.165, 1.54) is 6.07 Å². The number of carboxylic acids is 1. The Morgan fingerprint density at radius 3 is 2.28 bits per heavy atom. The molecule has 0 radical (unpaired) electrons. The van der Waals surface area contributed by atoms with Gasteiger partial charge in [-0.1, -0.05) is 49.0 Å². The number of carboxylic acid groups (broad SMARTS) is 1. The number of alkyl halides is 3. The van der Waals surface area contributed by atoms with Crippen molar-refractivity contribution in [3.8, 4) is 22.6 Å². The van der Waals surface area contributed by atoms with Crippen molar-refractivity contribution in [1.82, 2.24) is 4.90 Å². The highest BCUT2D eigenvalue weighted by molar-refractivity contribution is 6.01. The third-order valence-corrected chi connectivity index (χ3v) is 9.50. The van der Waals surface area contributed by atoms with Crippen molar-refractivity contribution in [3.63, 3.8) is 0 Å². The Balaban J connectivity index is 0.000000240. The molecule has 50 heavy (non-hydrogen) atoms. The number of carbonyl (C=O) groups is 1. The number of ether oxygens (including phenoxy) is 2. The zero-order valence-electron chi connectivity index (χ0n) is 28.7. The molecule has 1 saturated carbocycles. The first-order valence-electron chi connectivity index (χ1n) is 16.8. The van der Waals surface area contributed by atoms with Crippen LogP contribution in [-0.4, -0.2) is 55.4 Å². The highest BCUT2D eigenvalue weighted by Crippen LogP contribution is 2.49. The molecule has 1 unspecified atom stereocenters. The molecular weight excluding hydrogens is 648 g/mol. The summed E-state index contributed by atoms with van der Waals surface area (Å²) in [4.78, 5) is 13.2. The summed E-state index contributed by atoms with van der Waals surface area (Å²) in [5.74, 6) is -2.75. The lowest BCUT2D eigenvalue weighted by Gasteiger charge is -2.35. The fourth-order valence-corrected chi connectivity index (χ4v) is 7.09. The van der Waals surface area contributed by atoms with Crippen molar-refractivity contribution in [2.24, 2.45) is 5.73 Å². The fraction of sp³-hybridized carbons (Fsp3) is 0.375. The molecule has 0 amide bonds. The van der Waals surface area contributed by atoms with E-state index in [-0.39, 0.29) is 36.4 Å². The average Bonchev–Trinajstić information content (AvgIpc) is 3.05. The van der Waals surface area contributed by atoms with Gasteiger partial charge in [-0.05, 0) is 95.4 Å². The van der Waals surface area contributed by atoms with Crippen LogP contribution in [0, 0.1) is 12.7 Å². The first-order chi connectivity index (χ1) is 23.8. The van der Waals surface area contributed by atoms with E-state index in [1.807, 2.05) is 48.5 Å². The van der Waals surface area contributed by atoms with Gasteiger partial charge in [0.05, 0.1) is 19.8 Å². The molecule has 1 saturated heterocycles. The van der Waals surface area contributed by atoms with E-state index in [0.29, 0.717) is 48.6 Å². The largest absolute Gasteiger partial charge is 0.496 e. The number of rotatable bonds is 10. The van der Waals surface area contributed by atoms with Gasteiger partial charge in [0.1, 0.15) is 23.5 Å². The number of hydrogen-bond donors (Lipinski definition) is 2. The van der Waals surface area contributed by atoms with Crippen LogP contribution in [0.15, 0.2) is 67.2 Å². The predicted molar refractivity (Wildman–Crippen MR) is 189 cm³/mol. The summed E-state index contributed by atoms with van der Waals surface area (Å²) in [6.45, 7) is 7.18. The quantitative estimate of drug-likeness (QED) is 0.161. The van der Waals surface area contributed by atoms with E-state index >= 15 is 0 Å². The third-order valence-electron chi connectivity index (χ3n) is 9.50. The van der Waals surface area contributed by atoms with Crippen molar-refractivity contribution >= 4 is 22.4 Å². The van der Waals surface area contributed by atoms with Gasteiger partial charge in [0, 0.05) is 43.6 Å². The van der Waals surface area contributed by atoms with Crippen LogP contribution in [-0.2, 0) is 17.8 Å². The number of likely N-dealkylation sites (tertiary alicyclic amines) is 1. The lowest BCUT2D eigenvalue weighted by molar-refractivity contribution is -0.136. The normalized spacial score (nSPS) is 17.4. The van der Waals surface area contributed by atoms with Gasteiger partial charge in [0.25, 0.3) is 0 Å². The van der Waals surface area contributed by atoms with Gasteiger partial charge in [-0.15, -0.1) is 0 Å². The van der Waals surface area contributed by atoms with Crippen LogP contribution in [0.2, 0.25) is 0 Å². The van der Waals surface area contributed by atoms with Crippen LogP contribution in [0.5, 0.6) is 11.5 Å². The number of piperidine rings is 1. The van der Waals surface area contributed by atoms with Crippen molar-refractivity contribution < 1.29 is 36.9 Å². The molecule has 0 spiro atoms. The maximum absolute atomic E-state index is 13.9. The van der Waals surface area contributed by atoms with Gasteiger partial charge in [0.15, 0.2) is 0 Å². The molecule has 4 aromatic rings. The molecule has 0 bridgehead atoms. The maximum Gasteiger partial charge on any atom is 0.303 e. The second kappa shape index (κ2) is 15.5. The van der Waals surface area contributed by atoms with E-state index < -0.39 is 23.9 Å². The van der Waals surface area contributed by atoms with Crippen LogP contribution >= 0.6 is 0 Å². The van der Waals surface area contributed by atoms with Crippen molar-refractivity contribution in [3.05, 3.63) is 101 Å². The van der Waals surface area contributed by atoms with E-state index in [1.54, 1.807) is 27.2 Å². The molecule has 1 heterocycles. The molecule has 0 aromatic heterocycles. The van der Waals surface area contributed by atoms with Crippen LogP contribution in [0.4, 0.5) is 17.6 Å². The number of aryl methyl sites for hydroxylation is 2. The first kappa shape index (κ1) is 36.7. The molecule has 2 aliphatic rings. The standard InChI is InChI=1S/C27H30FNO4.C13H14F3N/c1-32-24-14-18(16-29-13-5-7-20(28)17-29)15-25(33-2)27(24)23-10-4-8-21-19(11-12-26(30)31)6-3-9-22(21)23;1-7-3-9(10-5-13(15,16)6-10)4-11(14)12(7)8(2)17/h3-4,6,8-10,14-15,20H,5,7,11-13,16-17H2,1-2H3,(H,30,31);3-4,10H,2,5-6,17H2,1H3. The molecule has 10 heteroatoms. The molecule has 2 fully saturated rings. The van der Waals surface area contributed by atoms with Gasteiger partial charge in [-0.25, -0.2) is 17.6 Å². The minimum Gasteiger partial charge on any atom is -0.496 e. The molecule has 6 nitrogen and oxygen atoms in total. The van der Waals surface area contributed by atoms with Crippen LogP contribution in [0.1, 0.15) is 65.8 Å². The summed E-state index contributed by atoms with van der Waals surface area (Å²) in [5.41, 5.74) is 11.0. The number of halogens is 4. The average molecular weight is 693 g/mol. The highest BCUT2D eigenvalue weighted by atomic mass is 19.3. The minimum atomic E-state index is -2.59. The number of methoxy groups -OCH3 is 2. The summed E-state index contributed by atoms with van der Waals surface area (Å²) in [5, 5.41) is 11.2. The van der Waals surface area contributed by atoms with Crippen LogP contribution in [0.3, 0.4) is 0 Å². The Morgan fingerprint density at radius 2 is 1.70 bits per heavy atom. The molecule has 6 rings (SSSR count). The van der Waals surface area contributed by atoms with Gasteiger partial charge in [0.2, 0.25) is 5.92 Å². The van der Waals surface area contributed by atoms with Gasteiger partial charge < -0.3 is 20.3 Å². The van der Waals surface area contributed by atoms with E-state index in [2.05, 4.69) is 11.5 Å². The smallest absolute Gasteiger partial charge is 0.303 e. The predicted octanol–water partition coefficient (Wildman–Crippen LogP) is 9.05. The van der Waals surface area contributed by atoms with Crippen LogP contribution in [0.25, 0.3) is 27.6 Å². The summed E-state index contributed by atoms with van der Waals surface area (Å²) >= 11 is 0. The monoisotopic (exact) mass is 692 g/mol. The number of hydrogen-bond acceptors (Lipinski definition) is 5. The second-order valence-electron chi connectivity index (χ2n) is 13.2. The lowest BCUT2D eigenvalue weighted by Crippen LogP contribution is -2.35. The molecule has 1 aliphatic heterocycles. The van der Waals surface area contributed by atoms with Crippen molar-refractivity contribution in [1.29, 1.82) is 0 Å². The maximum atomic E-state index is 13.9. The molecule has 3 N–H and O–H groups in total. The number of benzene rings is 4. The fourth-order valence-electron chi connectivity index (χ4n) is 7.09. The van der Waals surface area contributed by atoms with Gasteiger partial charge >= 0.3 is 5.97 Å². The number of nitrogens with zero attached hydrogens (tertiary/aromatic N) is 1. The summed E-state index contributed by atoms with van der Waals surface area (Å²) in [6.07, 6.45) is 0.887. The van der Waals surface area contributed by atoms with Gasteiger partial charge in [-0.3, -0.25) is 9.69 Å². The lowest BCUT2D eigenvalue weighted by atomic mass is 9.76. The number of fused-ring (bicyclic) bond motifs is 1. The van der Waals surface area contributed by atoms with E-state index in [4.69, 9.17) is 20.3 Å². The third kappa shape index (κ3) is 8.41. The highest BCUT2D eigenvalue weighted by Gasteiger charge is 2.46. The molecular formula is C40H44F4N2O4. The number of aliphatic carboxylic acids is 1. The second-order valence-corrected chi connectivity index (χ2v) is 13.2. The van der Waals surface area contributed by atoms with Crippen molar-refractivity contribution in [2.45, 2.75) is 70.0 Å². The summed E-state index contributed by atoms with van der Waals surface area (Å²) in [6, 6.07) is 19.0. The Hall–Kier alpha value is -4.57. The Morgan fingerprint density at radius 1 is 1.04 bits per heavy atom. The number of nitrogens with two attached hydrogens (primary N) is 1. The SMILES string of the molecule is C=C(N)c1c(C)cc(C2CC(F)(F)C2)cc1F.COc1cc(CN2CCCC(F)C2)cc(OC)c1-c1cccc2c(CCC(=O)O)cccc12. The Kier molecular flexibility index (Phi) is 11.4. The Labute approximate surface area is 290 Å².